The maximum atomic E-state index is 5.38. The molecule has 1 aromatic heterocycles. The second-order valence-electron chi connectivity index (χ2n) is 2.83. The molecule has 1 atom stereocenters. The Morgan fingerprint density at radius 1 is 1.80 bits per heavy atom. The molecule has 2 heterocycles. The first kappa shape index (κ1) is 5.77. The number of H-pyrrole nitrogens is 1. The van der Waals surface area contributed by atoms with Crippen molar-refractivity contribution in [2.45, 2.75) is 13.3 Å². The predicted octanol–water partition coefficient (Wildman–Crippen LogP) is 0.981. The summed E-state index contributed by atoms with van der Waals surface area (Å²) in [6.07, 6.45) is 2.80. The summed E-state index contributed by atoms with van der Waals surface area (Å²) in [6, 6.07) is 0. The van der Waals surface area contributed by atoms with Gasteiger partial charge >= 0.3 is 0 Å². The monoisotopic (exact) mass is 138 g/mol. The highest BCUT2D eigenvalue weighted by molar-refractivity contribution is 5.25. The van der Waals surface area contributed by atoms with Gasteiger partial charge in [0.1, 0.15) is 0 Å². The Bertz CT molecular complexity index is 231. The zero-order valence-electron chi connectivity index (χ0n) is 5.92. The standard InChI is InChI=1S/C7H10N2O/c1-5-2-6-7(10-4-5)3-8-9-6/h3,5H,2,4H2,1H3,(H,8,9). The summed E-state index contributed by atoms with van der Waals surface area (Å²) in [7, 11) is 0. The summed E-state index contributed by atoms with van der Waals surface area (Å²) >= 11 is 0. The lowest BCUT2D eigenvalue weighted by Crippen LogP contribution is -2.17. The minimum atomic E-state index is 0.618. The summed E-state index contributed by atoms with van der Waals surface area (Å²) in [5.74, 6) is 1.55. The number of hydrogen-bond donors (Lipinski definition) is 1. The predicted molar refractivity (Wildman–Crippen MR) is 37.0 cm³/mol. The van der Waals surface area contributed by atoms with Crippen LogP contribution in [0.15, 0.2) is 6.20 Å². The van der Waals surface area contributed by atoms with Crippen LogP contribution in [0.2, 0.25) is 0 Å². The number of aromatic nitrogens is 2. The van der Waals surface area contributed by atoms with Crippen molar-refractivity contribution in [3.63, 3.8) is 0 Å². The number of ether oxygens (including phenoxy) is 1. The second-order valence-corrected chi connectivity index (χ2v) is 2.83. The van der Waals surface area contributed by atoms with Gasteiger partial charge in [0, 0.05) is 0 Å². The van der Waals surface area contributed by atoms with E-state index in [0.717, 1.165) is 24.5 Å². The maximum absolute atomic E-state index is 5.38. The second kappa shape index (κ2) is 2.01. The maximum Gasteiger partial charge on any atom is 0.160 e. The molecule has 0 aliphatic carbocycles. The molecule has 0 aromatic carbocycles. The number of hydrogen-bond acceptors (Lipinski definition) is 2. The minimum Gasteiger partial charge on any atom is -0.490 e. The Labute approximate surface area is 59.4 Å². The van der Waals surface area contributed by atoms with E-state index >= 15 is 0 Å². The van der Waals surface area contributed by atoms with Gasteiger partial charge in [0.15, 0.2) is 5.75 Å². The van der Waals surface area contributed by atoms with E-state index in [1.807, 2.05) is 0 Å². The molecule has 1 aliphatic rings. The SMILES string of the molecule is CC1COc2cn[nH]c2C1. The molecule has 54 valence electrons. The number of nitrogens with one attached hydrogen (secondary N) is 1. The number of aromatic amines is 1. The molecule has 2 rings (SSSR count). The summed E-state index contributed by atoms with van der Waals surface area (Å²) in [5.41, 5.74) is 1.14. The van der Waals surface area contributed by atoms with E-state index in [-0.39, 0.29) is 0 Å². The topological polar surface area (TPSA) is 37.9 Å². The van der Waals surface area contributed by atoms with Gasteiger partial charge in [-0.25, -0.2) is 0 Å². The first-order chi connectivity index (χ1) is 4.86. The van der Waals surface area contributed by atoms with Crippen molar-refractivity contribution in [3.8, 4) is 5.75 Å². The first-order valence-corrected chi connectivity index (χ1v) is 3.51. The highest BCUT2D eigenvalue weighted by Crippen LogP contribution is 2.23. The van der Waals surface area contributed by atoms with Crippen molar-refractivity contribution in [2.75, 3.05) is 6.61 Å². The van der Waals surface area contributed by atoms with Gasteiger partial charge < -0.3 is 4.74 Å². The molecule has 1 unspecified atom stereocenters. The van der Waals surface area contributed by atoms with Gasteiger partial charge in [0.05, 0.1) is 18.5 Å². The van der Waals surface area contributed by atoms with E-state index < -0.39 is 0 Å². The van der Waals surface area contributed by atoms with Crippen LogP contribution in [0.3, 0.4) is 0 Å². The molecule has 0 saturated heterocycles. The molecule has 1 aliphatic heterocycles. The minimum absolute atomic E-state index is 0.618. The van der Waals surface area contributed by atoms with E-state index in [1.54, 1.807) is 6.20 Å². The van der Waals surface area contributed by atoms with Crippen molar-refractivity contribution in [1.82, 2.24) is 10.2 Å². The van der Waals surface area contributed by atoms with Crippen molar-refractivity contribution < 1.29 is 4.74 Å². The van der Waals surface area contributed by atoms with Gasteiger partial charge in [0.25, 0.3) is 0 Å². The molecule has 0 bridgehead atoms. The smallest absolute Gasteiger partial charge is 0.160 e. The molecular weight excluding hydrogens is 128 g/mol. The third-order valence-corrected chi connectivity index (χ3v) is 1.75. The van der Waals surface area contributed by atoms with Gasteiger partial charge in [-0.15, -0.1) is 0 Å². The fourth-order valence-corrected chi connectivity index (χ4v) is 1.21. The Hall–Kier alpha value is -0.990. The lowest BCUT2D eigenvalue weighted by Gasteiger charge is -2.17. The summed E-state index contributed by atoms with van der Waals surface area (Å²) in [4.78, 5) is 0. The molecule has 10 heavy (non-hydrogen) atoms. The molecular formula is C7H10N2O. The van der Waals surface area contributed by atoms with Crippen LogP contribution in [0.1, 0.15) is 12.6 Å². The van der Waals surface area contributed by atoms with Gasteiger partial charge in [0.2, 0.25) is 0 Å². The molecule has 0 fully saturated rings. The van der Waals surface area contributed by atoms with Gasteiger partial charge in [-0.2, -0.15) is 5.10 Å². The van der Waals surface area contributed by atoms with Crippen LogP contribution in [0.5, 0.6) is 5.75 Å². The van der Waals surface area contributed by atoms with Crippen LogP contribution in [0.25, 0.3) is 0 Å². The zero-order valence-corrected chi connectivity index (χ0v) is 5.92. The Morgan fingerprint density at radius 3 is 3.60 bits per heavy atom. The van der Waals surface area contributed by atoms with E-state index in [9.17, 15) is 0 Å². The Morgan fingerprint density at radius 2 is 2.70 bits per heavy atom. The van der Waals surface area contributed by atoms with Crippen LogP contribution in [-0.2, 0) is 6.42 Å². The van der Waals surface area contributed by atoms with Crippen molar-refractivity contribution in [3.05, 3.63) is 11.9 Å². The van der Waals surface area contributed by atoms with E-state index in [0.29, 0.717) is 5.92 Å². The van der Waals surface area contributed by atoms with E-state index in [2.05, 4.69) is 17.1 Å². The average Bonchev–Trinajstić information content (AvgIpc) is 2.33. The Kier molecular flexibility index (Phi) is 1.16. The van der Waals surface area contributed by atoms with Crippen LogP contribution in [-0.4, -0.2) is 16.8 Å². The first-order valence-electron chi connectivity index (χ1n) is 3.51. The van der Waals surface area contributed by atoms with Crippen LogP contribution >= 0.6 is 0 Å². The van der Waals surface area contributed by atoms with Gasteiger partial charge in [-0.05, 0) is 12.3 Å². The van der Waals surface area contributed by atoms with Crippen LogP contribution in [0, 0.1) is 5.92 Å². The molecule has 0 spiro atoms. The largest absolute Gasteiger partial charge is 0.490 e. The third-order valence-electron chi connectivity index (χ3n) is 1.75. The fraction of sp³-hybridized carbons (Fsp3) is 0.571. The summed E-state index contributed by atoms with van der Waals surface area (Å²) in [5, 5.41) is 6.80. The van der Waals surface area contributed by atoms with Crippen molar-refractivity contribution in [2.24, 2.45) is 5.92 Å². The average molecular weight is 138 g/mol. The molecule has 1 N–H and O–H groups in total. The molecule has 1 aromatic rings. The highest BCUT2D eigenvalue weighted by Gasteiger charge is 2.16. The summed E-state index contributed by atoms with van der Waals surface area (Å²) in [6.45, 7) is 3.00. The van der Waals surface area contributed by atoms with Gasteiger partial charge in [-0.1, -0.05) is 6.92 Å². The number of fused-ring (bicyclic) bond motifs is 1. The lowest BCUT2D eigenvalue weighted by atomic mass is 10.0. The van der Waals surface area contributed by atoms with Crippen LogP contribution < -0.4 is 4.74 Å². The van der Waals surface area contributed by atoms with E-state index in [1.165, 1.54) is 0 Å². The van der Waals surface area contributed by atoms with Gasteiger partial charge in [-0.3, -0.25) is 5.10 Å². The number of nitrogens with zero attached hydrogens (tertiary/aromatic N) is 1. The zero-order chi connectivity index (χ0) is 6.97. The van der Waals surface area contributed by atoms with Crippen molar-refractivity contribution >= 4 is 0 Å². The summed E-state index contributed by atoms with van der Waals surface area (Å²) < 4.78 is 5.38. The molecule has 0 saturated carbocycles. The van der Waals surface area contributed by atoms with Crippen molar-refractivity contribution in [1.29, 1.82) is 0 Å². The molecule has 0 amide bonds. The van der Waals surface area contributed by atoms with Crippen LogP contribution in [0.4, 0.5) is 0 Å². The molecule has 3 heteroatoms. The molecule has 3 nitrogen and oxygen atoms in total. The molecule has 0 radical (unpaired) electrons. The quantitative estimate of drug-likeness (QED) is 0.580. The third kappa shape index (κ3) is 0.781. The fourth-order valence-electron chi connectivity index (χ4n) is 1.21. The van der Waals surface area contributed by atoms with E-state index in [4.69, 9.17) is 4.74 Å². The highest BCUT2D eigenvalue weighted by atomic mass is 16.5. The number of rotatable bonds is 0. The normalized spacial score (nSPS) is 23.5. The lowest BCUT2D eigenvalue weighted by molar-refractivity contribution is 0.233. The Balaban J connectivity index is 2.30.